The van der Waals surface area contributed by atoms with Crippen LogP contribution in [0, 0.1) is 13.8 Å². The molecule has 0 fully saturated rings. The second kappa shape index (κ2) is 6.06. The smallest absolute Gasteiger partial charge is 0.0710 e. The molecule has 2 aromatic carbocycles. The summed E-state index contributed by atoms with van der Waals surface area (Å²) in [6.45, 7) is 4.17. The third-order valence-electron chi connectivity index (χ3n) is 3.02. The van der Waals surface area contributed by atoms with Crippen LogP contribution in [-0.4, -0.2) is 0 Å². The normalized spacial score (nSPS) is 12.5. The summed E-state index contributed by atoms with van der Waals surface area (Å²) >= 11 is 9.47. The van der Waals surface area contributed by atoms with Crippen LogP contribution in [0.2, 0.25) is 5.02 Å². The number of hydrogen-bond acceptors (Lipinski definition) is 2. The van der Waals surface area contributed by atoms with Gasteiger partial charge in [-0.2, -0.15) is 0 Å². The first-order valence-corrected chi connectivity index (χ1v) is 7.17. The number of benzene rings is 2. The van der Waals surface area contributed by atoms with Crippen molar-refractivity contribution in [1.82, 2.24) is 5.43 Å². The molecule has 1 atom stereocenters. The second-order valence-corrected chi connectivity index (χ2v) is 5.96. The van der Waals surface area contributed by atoms with E-state index in [1.165, 1.54) is 11.1 Å². The lowest BCUT2D eigenvalue weighted by molar-refractivity contribution is 0.636. The molecular formula is C15H16BrClN2. The molecule has 2 nitrogen and oxygen atoms in total. The van der Waals surface area contributed by atoms with E-state index in [4.69, 9.17) is 17.4 Å². The van der Waals surface area contributed by atoms with E-state index in [2.05, 4.69) is 53.4 Å². The number of nitrogens with two attached hydrogens (primary N) is 1. The van der Waals surface area contributed by atoms with Gasteiger partial charge < -0.3 is 0 Å². The fraction of sp³-hybridized carbons (Fsp3) is 0.200. The van der Waals surface area contributed by atoms with Crippen molar-refractivity contribution < 1.29 is 0 Å². The molecule has 0 spiro atoms. The Hall–Kier alpha value is -0.870. The quantitative estimate of drug-likeness (QED) is 0.647. The number of rotatable bonds is 3. The van der Waals surface area contributed by atoms with E-state index in [0.29, 0.717) is 5.02 Å². The number of aryl methyl sites for hydroxylation is 2. The molecule has 1 unspecified atom stereocenters. The van der Waals surface area contributed by atoms with Gasteiger partial charge in [0.25, 0.3) is 0 Å². The van der Waals surface area contributed by atoms with Crippen LogP contribution in [0.1, 0.15) is 28.3 Å². The van der Waals surface area contributed by atoms with Gasteiger partial charge >= 0.3 is 0 Å². The Morgan fingerprint density at radius 3 is 2.21 bits per heavy atom. The zero-order valence-electron chi connectivity index (χ0n) is 10.9. The minimum Gasteiger partial charge on any atom is -0.271 e. The number of nitrogens with one attached hydrogen (secondary N) is 1. The van der Waals surface area contributed by atoms with Crippen molar-refractivity contribution in [2.24, 2.45) is 5.84 Å². The van der Waals surface area contributed by atoms with Crippen LogP contribution in [0.5, 0.6) is 0 Å². The van der Waals surface area contributed by atoms with Crippen molar-refractivity contribution in [3.05, 3.63) is 68.1 Å². The lowest BCUT2D eigenvalue weighted by Gasteiger charge is -2.18. The summed E-state index contributed by atoms with van der Waals surface area (Å²) in [6, 6.07) is 12.2. The topological polar surface area (TPSA) is 38.0 Å². The minimum atomic E-state index is -0.0489. The maximum Gasteiger partial charge on any atom is 0.0710 e. The Bertz CT molecular complexity index is 578. The predicted octanol–water partition coefficient (Wildman–Crippen LogP) is 4.27. The molecule has 0 amide bonds. The van der Waals surface area contributed by atoms with Gasteiger partial charge in [-0.15, -0.1) is 0 Å². The molecule has 19 heavy (non-hydrogen) atoms. The van der Waals surface area contributed by atoms with Gasteiger partial charge in [-0.1, -0.05) is 47.0 Å². The highest BCUT2D eigenvalue weighted by Crippen LogP contribution is 2.29. The summed E-state index contributed by atoms with van der Waals surface area (Å²) in [6.07, 6.45) is 0. The minimum absolute atomic E-state index is 0.0489. The van der Waals surface area contributed by atoms with E-state index in [1.807, 2.05) is 18.2 Å². The molecular weight excluding hydrogens is 324 g/mol. The highest BCUT2D eigenvalue weighted by atomic mass is 79.9. The van der Waals surface area contributed by atoms with Crippen molar-refractivity contribution in [1.29, 1.82) is 0 Å². The zero-order valence-corrected chi connectivity index (χ0v) is 13.2. The highest BCUT2D eigenvalue weighted by molar-refractivity contribution is 9.10. The van der Waals surface area contributed by atoms with Crippen LogP contribution in [0.25, 0.3) is 0 Å². The van der Waals surface area contributed by atoms with Crippen molar-refractivity contribution in [3.8, 4) is 0 Å². The van der Waals surface area contributed by atoms with Gasteiger partial charge in [-0.05, 0) is 53.0 Å². The average molecular weight is 340 g/mol. The summed E-state index contributed by atoms with van der Waals surface area (Å²) in [5.41, 5.74) is 7.54. The molecule has 0 saturated carbocycles. The Morgan fingerprint density at radius 2 is 1.68 bits per heavy atom. The van der Waals surface area contributed by atoms with E-state index in [0.717, 1.165) is 15.6 Å². The van der Waals surface area contributed by atoms with E-state index in [1.54, 1.807) is 0 Å². The van der Waals surface area contributed by atoms with Crippen LogP contribution in [0.4, 0.5) is 0 Å². The molecule has 4 heteroatoms. The maximum absolute atomic E-state index is 6.03. The van der Waals surface area contributed by atoms with Crippen LogP contribution in [-0.2, 0) is 0 Å². The molecule has 0 heterocycles. The Morgan fingerprint density at radius 1 is 1.05 bits per heavy atom. The van der Waals surface area contributed by atoms with Crippen molar-refractivity contribution in [3.63, 3.8) is 0 Å². The third-order valence-corrected chi connectivity index (χ3v) is 4.23. The average Bonchev–Trinajstić information content (AvgIpc) is 2.33. The van der Waals surface area contributed by atoms with Gasteiger partial charge in [0, 0.05) is 4.47 Å². The third kappa shape index (κ3) is 3.37. The van der Waals surface area contributed by atoms with Crippen molar-refractivity contribution >= 4 is 27.5 Å². The van der Waals surface area contributed by atoms with Gasteiger partial charge in [-0.25, -0.2) is 5.43 Å². The van der Waals surface area contributed by atoms with Crippen molar-refractivity contribution in [2.75, 3.05) is 0 Å². The van der Waals surface area contributed by atoms with Crippen LogP contribution in [0.15, 0.2) is 40.9 Å². The van der Waals surface area contributed by atoms with Gasteiger partial charge in [0.1, 0.15) is 0 Å². The Kier molecular flexibility index (Phi) is 4.63. The molecule has 0 aliphatic rings. The first-order valence-electron chi connectivity index (χ1n) is 6.00. The summed E-state index contributed by atoms with van der Waals surface area (Å²) in [5.74, 6) is 5.73. The number of hydrogen-bond donors (Lipinski definition) is 2. The molecule has 100 valence electrons. The van der Waals surface area contributed by atoms with Gasteiger partial charge in [-0.3, -0.25) is 5.84 Å². The molecule has 0 radical (unpaired) electrons. The van der Waals surface area contributed by atoms with E-state index < -0.39 is 0 Å². The number of halogens is 2. The molecule has 3 N–H and O–H groups in total. The summed E-state index contributed by atoms with van der Waals surface area (Å²) in [4.78, 5) is 0. The van der Waals surface area contributed by atoms with Gasteiger partial charge in [0.05, 0.1) is 11.1 Å². The van der Waals surface area contributed by atoms with E-state index in [9.17, 15) is 0 Å². The van der Waals surface area contributed by atoms with E-state index in [-0.39, 0.29) is 6.04 Å². The fourth-order valence-corrected chi connectivity index (χ4v) is 2.77. The molecule has 2 aromatic rings. The highest BCUT2D eigenvalue weighted by Gasteiger charge is 2.14. The van der Waals surface area contributed by atoms with Crippen LogP contribution in [0.3, 0.4) is 0 Å². The van der Waals surface area contributed by atoms with Gasteiger partial charge in [0.2, 0.25) is 0 Å². The predicted molar refractivity (Wildman–Crippen MR) is 84.2 cm³/mol. The lowest BCUT2D eigenvalue weighted by Crippen LogP contribution is -2.29. The first-order chi connectivity index (χ1) is 9.01. The Balaban J connectivity index is 2.46. The first kappa shape index (κ1) is 14.5. The lowest BCUT2D eigenvalue weighted by atomic mass is 9.96. The molecule has 0 aliphatic carbocycles. The Labute approximate surface area is 127 Å². The summed E-state index contributed by atoms with van der Waals surface area (Å²) in [7, 11) is 0. The molecule has 0 bridgehead atoms. The summed E-state index contributed by atoms with van der Waals surface area (Å²) < 4.78 is 0.872. The number of hydrazine groups is 1. The fourth-order valence-electron chi connectivity index (χ4n) is 2.25. The monoisotopic (exact) mass is 338 g/mol. The second-order valence-electron chi connectivity index (χ2n) is 4.69. The molecule has 0 saturated heterocycles. The maximum atomic E-state index is 6.03. The zero-order chi connectivity index (χ0) is 14.0. The van der Waals surface area contributed by atoms with Gasteiger partial charge in [0.15, 0.2) is 0 Å². The SMILES string of the molecule is Cc1cc(C)cc(C(NN)c2ccc(Cl)c(Br)c2)c1. The largest absolute Gasteiger partial charge is 0.271 e. The van der Waals surface area contributed by atoms with Crippen molar-refractivity contribution in [2.45, 2.75) is 19.9 Å². The molecule has 0 aliphatic heterocycles. The van der Waals surface area contributed by atoms with E-state index >= 15 is 0 Å². The van der Waals surface area contributed by atoms with Crippen LogP contribution >= 0.6 is 27.5 Å². The molecule has 2 rings (SSSR count). The standard InChI is InChI=1S/C15H16BrClN2/c1-9-5-10(2)7-12(6-9)15(19-18)11-3-4-14(17)13(16)8-11/h3-8,15,19H,18H2,1-2H3. The van der Waals surface area contributed by atoms with Crippen LogP contribution < -0.4 is 11.3 Å². The molecule has 0 aromatic heterocycles. The summed E-state index contributed by atoms with van der Waals surface area (Å²) in [5, 5.41) is 0.694.